The number of nitrogens with zero attached hydrogens (tertiary/aromatic N) is 1. The molecule has 2 aromatic rings. The zero-order valence-corrected chi connectivity index (χ0v) is 13.0. The lowest BCUT2D eigenvalue weighted by Gasteiger charge is -2.22. The Labute approximate surface area is 130 Å². The van der Waals surface area contributed by atoms with E-state index < -0.39 is 5.97 Å². The van der Waals surface area contributed by atoms with Crippen molar-refractivity contribution in [3.05, 3.63) is 47.5 Å². The minimum atomic E-state index is -1.01. The van der Waals surface area contributed by atoms with Gasteiger partial charge < -0.3 is 10.0 Å². The highest BCUT2D eigenvalue weighted by Crippen LogP contribution is 2.24. The summed E-state index contributed by atoms with van der Waals surface area (Å²) in [4.78, 5) is 26.1. The summed E-state index contributed by atoms with van der Waals surface area (Å²) >= 11 is 0. The van der Waals surface area contributed by atoms with Gasteiger partial charge in [-0.25, -0.2) is 4.79 Å². The molecule has 0 spiro atoms. The van der Waals surface area contributed by atoms with Crippen LogP contribution in [-0.4, -0.2) is 35.0 Å². The molecule has 0 aromatic heterocycles. The van der Waals surface area contributed by atoms with E-state index in [1.54, 1.807) is 29.2 Å². The molecule has 0 aliphatic carbocycles. The molecular formula is C18H21NO3. The van der Waals surface area contributed by atoms with Crippen LogP contribution in [0.25, 0.3) is 10.8 Å². The predicted octanol–water partition coefficient (Wildman–Crippen LogP) is 3.80. The first-order chi connectivity index (χ1) is 10.6. The lowest BCUT2D eigenvalue weighted by atomic mass is 9.98. The molecule has 1 amide bonds. The van der Waals surface area contributed by atoms with Crippen molar-refractivity contribution >= 4 is 22.6 Å². The van der Waals surface area contributed by atoms with Crippen LogP contribution in [0.5, 0.6) is 0 Å². The molecule has 2 rings (SSSR count). The Morgan fingerprint density at radius 1 is 1.05 bits per heavy atom. The van der Waals surface area contributed by atoms with E-state index in [2.05, 4.69) is 6.92 Å². The molecule has 4 heteroatoms. The van der Waals surface area contributed by atoms with E-state index in [9.17, 15) is 14.7 Å². The Kier molecular flexibility index (Phi) is 5.15. The number of rotatable bonds is 6. The van der Waals surface area contributed by atoms with Crippen molar-refractivity contribution in [2.75, 3.05) is 13.1 Å². The quantitative estimate of drug-likeness (QED) is 0.882. The summed E-state index contributed by atoms with van der Waals surface area (Å²) in [6, 6.07) is 10.4. The summed E-state index contributed by atoms with van der Waals surface area (Å²) in [5, 5.41) is 10.7. The van der Waals surface area contributed by atoms with Gasteiger partial charge in [-0.2, -0.15) is 0 Å². The number of unbranched alkanes of at least 4 members (excludes halogenated alkanes) is 1. The number of benzene rings is 2. The standard InChI is InChI=1S/C18H21NO3/c1-3-5-12-19(4-2)17(20)14-10-6-8-13-9-7-11-15(16(13)14)18(21)22/h6-11H,3-5,12H2,1-2H3,(H,21,22). The highest BCUT2D eigenvalue weighted by molar-refractivity contribution is 6.14. The van der Waals surface area contributed by atoms with Crippen molar-refractivity contribution in [2.24, 2.45) is 0 Å². The largest absolute Gasteiger partial charge is 0.478 e. The van der Waals surface area contributed by atoms with Crippen molar-refractivity contribution in [1.29, 1.82) is 0 Å². The highest BCUT2D eigenvalue weighted by Gasteiger charge is 2.19. The Morgan fingerprint density at radius 3 is 2.23 bits per heavy atom. The zero-order chi connectivity index (χ0) is 16.1. The number of carboxylic acids is 1. The molecule has 0 saturated heterocycles. The number of fused-ring (bicyclic) bond motifs is 1. The maximum Gasteiger partial charge on any atom is 0.336 e. The maximum atomic E-state index is 12.8. The van der Waals surface area contributed by atoms with E-state index in [1.165, 1.54) is 0 Å². The summed E-state index contributed by atoms with van der Waals surface area (Å²) < 4.78 is 0. The average Bonchev–Trinajstić information content (AvgIpc) is 2.54. The number of carbonyl (C=O) groups excluding carboxylic acids is 1. The van der Waals surface area contributed by atoms with Crippen LogP contribution in [0.15, 0.2) is 36.4 Å². The third-order valence-corrected chi connectivity index (χ3v) is 3.82. The fraction of sp³-hybridized carbons (Fsp3) is 0.333. The number of amides is 1. The van der Waals surface area contributed by atoms with Crippen molar-refractivity contribution in [1.82, 2.24) is 4.90 Å². The topological polar surface area (TPSA) is 57.6 Å². The third kappa shape index (κ3) is 3.11. The molecule has 22 heavy (non-hydrogen) atoms. The van der Waals surface area contributed by atoms with E-state index in [1.807, 2.05) is 19.1 Å². The summed E-state index contributed by atoms with van der Waals surface area (Å²) in [7, 11) is 0. The lowest BCUT2D eigenvalue weighted by Crippen LogP contribution is -2.32. The van der Waals surface area contributed by atoms with Gasteiger partial charge in [0.25, 0.3) is 5.91 Å². The molecule has 0 aliphatic rings. The van der Waals surface area contributed by atoms with E-state index in [4.69, 9.17) is 0 Å². The van der Waals surface area contributed by atoms with Crippen LogP contribution in [0.2, 0.25) is 0 Å². The molecule has 0 atom stereocenters. The van der Waals surface area contributed by atoms with Crippen molar-refractivity contribution in [3.63, 3.8) is 0 Å². The van der Waals surface area contributed by atoms with Gasteiger partial charge in [0.2, 0.25) is 0 Å². The molecular weight excluding hydrogens is 278 g/mol. The van der Waals surface area contributed by atoms with E-state index >= 15 is 0 Å². The van der Waals surface area contributed by atoms with E-state index in [-0.39, 0.29) is 11.5 Å². The Hall–Kier alpha value is -2.36. The normalized spacial score (nSPS) is 10.6. The second kappa shape index (κ2) is 7.07. The molecule has 0 heterocycles. The summed E-state index contributed by atoms with van der Waals surface area (Å²) in [5.41, 5.74) is 0.640. The molecule has 0 radical (unpaired) electrons. The molecule has 1 N–H and O–H groups in total. The summed E-state index contributed by atoms with van der Waals surface area (Å²) in [6.07, 6.45) is 1.95. The molecule has 0 aliphatic heterocycles. The van der Waals surface area contributed by atoms with Crippen LogP contribution in [-0.2, 0) is 0 Å². The zero-order valence-electron chi connectivity index (χ0n) is 13.0. The third-order valence-electron chi connectivity index (χ3n) is 3.82. The van der Waals surface area contributed by atoms with Gasteiger partial charge in [0.05, 0.1) is 5.56 Å². The molecule has 0 bridgehead atoms. The summed E-state index contributed by atoms with van der Waals surface area (Å²) in [6.45, 7) is 5.33. The van der Waals surface area contributed by atoms with Gasteiger partial charge in [-0.1, -0.05) is 37.6 Å². The molecule has 0 fully saturated rings. The van der Waals surface area contributed by atoms with Crippen LogP contribution in [0, 0.1) is 0 Å². The number of carbonyl (C=O) groups is 2. The number of carboxylic acid groups (broad SMARTS) is 1. The molecule has 116 valence electrons. The van der Waals surface area contributed by atoms with Crippen LogP contribution in [0.1, 0.15) is 47.4 Å². The van der Waals surface area contributed by atoms with Gasteiger partial charge in [0.15, 0.2) is 0 Å². The fourth-order valence-corrected chi connectivity index (χ4v) is 2.62. The monoisotopic (exact) mass is 299 g/mol. The second-order valence-corrected chi connectivity index (χ2v) is 5.25. The van der Waals surface area contributed by atoms with Crippen molar-refractivity contribution < 1.29 is 14.7 Å². The first kappa shape index (κ1) is 16.0. The van der Waals surface area contributed by atoms with Gasteiger partial charge in [-0.05, 0) is 30.9 Å². The fourth-order valence-electron chi connectivity index (χ4n) is 2.62. The maximum absolute atomic E-state index is 12.8. The van der Waals surface area contributed by atoms with Crippen LogP contribution in [0.3, 0.4) is 0 Å². The van der Waals surface area contributed by atoms with Crippen LogP contribution < -0.4 is 0 Å². The Bertz CT molecular complexity index is 689. The number of hydrogen-bond donors (Lipinski definition) is 1. The summed E-state index contributed by atoms with van der Waals surface area (Å²) in [5.74, 6) is -1.11. The van der Waals surface area contributed by atoms with Crippen molar-refractivity contribution in [3.8, 4) is 0 Å². The first-order valence-corrected chi connectivity index (χ1v) is 7.64. The molecule has 0 saturated carbocycles. The van der Waals surface area contributed by atoms with Crippen LogP contribution >= 0.6 is 0 Å². The predicted molar refractivity (Wildman–Crippen MR) is 87.4 cm³/mol. The Morgan fingerprint density at radius 2 is 1.68 bits per heavy atom. The average molecular weight is 299 g/mol. The first-order valence-electron chi connectivity index (χ1n) is 7.64. The Balaban J connectivity index is 2.55. The van der Waals surface area contributed by atoms with Gasteiger partial charge in [0.1, 0.15) is 0 Å². The number of aromatic carboxylic acids is 1. The van der Waals surface area contributed by atoms with E-state index in [0.29, 0.717) is 24.0 Å². The lowest BCUT2D eigenvalue weighted by molar-refractivity contribution is 0.0699. The van der Waals surface area contributed by atoms with E-state index in [0.717, 1.165) is 18.2 Å². The van der Waals surface area contributed by atoms with Crippen molar-refractivity contribution in [2.45, 2.75) is 26.7 Å². The van der Waals surface area contributed by atoms with Gasteiger partial charge in [-0.15, -0.1) is 0 Å². The van der Waals surface area contributed by atoms with Gasteiger partial charge in [-0.3, -0.25) is 4.79 Å². The molecule has 0 unspecified atom stereocenters. The number of hydrogen-bond acceptors (Lipinski definition) is 2. The molecule has 2 aromatic carbocycles. The second-order valence-electron chi connectivity index (χ2n) is 5.25. The van der Waals surface area contributed by atoms with Gasteiger partial charge in [0, 0.05) is 24.0 Å². The minimum absolute atomic E-state index is 0.102. The highest BCUT2D eigenvalue weighted by atomic mass is 16.4. The van der Waals surface area contributed by atoms with Crippen LogP contribution in [0.4, 0.5) is 0 Å². The SMILES string of the molecule is CCCCN(CC)C(=O)c1cccc2cccc(C(=O)O)c12. The molecule has 4 nitrogen and oxygen atoms in total. The smallest absolute Gasteiger partial charge is 0.336 e. The minimum Gasteiger partial charge on any atom is -0.478 e. The van der Waals surface area contributed by atoms with Gasteiger partial charge >= 0.3 is 5.97 Å².